The van der Waals surface area contributed by atoms with Crippen molar-refractivity contribution < 1.29 is 13.2 Å². The molecule has 0 atom stereocenters. The highest BCUT2D eigenvalue weighted by atomic mass is 32.2. The van der Waals surface area contributed by atoms with Crippen LogP contribution in [0.3, 0.4) is 0 Å². The second kappa shape index (κ2) is 10.1. The van der Waals surface area contributed by atoms with Crippen molar-refractivity contribution in [2.45, 2.75) is 38.0 Å². The Morgan fingerprint density at radius 2 is 1.70 bits per heavy atom. The van der Waals surface area contributed by atoms with Gasteiger partial charge in [-0.15, -0.1) is 0 Å². The number of carbonyl (C=O) groups is 1. The van der Waals surface area contributed by atoms with Gasteiger partial charge in [-0.25, -0.2) is 8.42 Å². The molecule has 2 aromatic carbocycles. The van der Waals surface area contributed by atoms with Gasteiger partial charge < -0.3 is 15.1 Å². The minimum Gasteiger partial charge on any atom is -0.368 e. The SMILES string of the molecule is CCc1ccc(S(=O)(=O)Nc2ccc(N3CCNCC3)c(C(=O)N3CCC(C)CC3)c2)cc1. The number of sulfonamides is 1. The van der Waals surface area contributed by atoms with Gasteiger partial charge in [0.15, 0.2) is 0 Å². The third kappa shape index (κ3) is 5.50. The van der Waals surface area contributed by atoms with Gasteiger partial charge in [0.2, 0.25) is 0 Å². The minimum atomic E-state index is -3.75. The van der Waals surface area contributed by atoms with Gasteiger partial charge in [0, 0.05) is 50.6 Å². The third-order valence-electron chi connectivity index (χ3n) is 6.65. The van der Waals surface area contributed by atoms with Crippen LogP contribution in [0.4, 0.5) is 11.4 Å². The van der Waals surface area contributed by atoms with Crippen LogP contribution < -0.4 is 14.9 Å². The third-order valence-corrected chi connectivity index (χ3v) is 8.05. The first-order valence-corrected chi connectivity index (χ1v) is 13.4. The summed E-state index contributed by atoms with van der Waals surface area (Å²) in [5.41, 5.74) is 2.92. The molecule has 2 aromatic rings. The first kappa shape index (κ1) is 23.6. The molecule has 0 bridgehead atoms. The topological polar surface area (TPSA) is 81.8 Å². The number of piperidine rings is 1. The Labute approximate surface area is 197 Å². The molecule has 2 N–H and O–H groups in total. The molecule has 0 saturated carbocycles. The number of carbonyl (C=O) groups excluding carboxylic acids is 1. The monoisotopic (exact) mass is 470 g/mol. The van der Waals surface area contributed by atoms with E-state index in [0.29, 0.717) is 17.2 Å². The molecule has 0 unspecified atom stereocenters. The zero-order chi connectivity index (χ0) is 23.4. The summed E-state index contributed by atoms with van der Waals surface area (Å²) in [6.45, 7) is 9.06. The molecule has 178 valence electrons. The number of benzene rings is 2. The van der Waals surface area contributed by atoms with Gasteiger partial charge in [-0.3, -0.25) is 9.52 Å². The molecule has 2 heterocycles. The van der Waals surface area contributed by atoms with Crippen molar-refractivity contribution in [3.05, 3.63) is 53.6 Å². The Morgan fingerprint density at radius 3 is 2.33 bits per heavy atom. The van der Waals surface area contributed by atoms with Gasteiger partial charge in [0.25, 0.3) is 15.9 Å². The fourth-order valence-electron chi connectivity index (χ4n) is 4.45. The largest absolute Gasteiger partial charge is 0.368 e. The molecule has 0 radical (unpaired) electrons. The standard InChI is InChI=1S/C25H34N4O3S/c1-3-20-4-7-22(8-5-20)33(31,32)27-21-6-9-24(28-16-12-26-13-17-28)23(18-21)25(30)29-14-10-19(2)11-15-29/h4-9,18-19,26-27H,3,10-17H2,1-2H3. The highest BCUT2D eigenvalue weighted by molar-refractivity contribution is 7.92. The van der Waals surface area contributed by atoms with Crippen molar-refractivity contribution in [3.63, 3.8) is 0 Å². The molecular formula is C25H34N4O3S. The number of nitrogens with one attached hydrogen (secondary N) is 2. The molecule has 2 aliphatic heterocycles. The van der Waals surface area contributed by atoms with Crippen molar-refractivity contribution in [3.8, 4) is 0 Å². The second-order valence-electron chi connectivity index (χ2n) is 9.05. The Morgan fingerprint density at radius 1 is 1.03 bits per heavy atom. The highest BCUT2D eigenvalue weighted by Gasteiger charge is 2.26. The number of anilines is 2. The van der Waals surface area contributed by atoms with Crippen LogP contribution >= 0.6 is 0 Å². The maximum absolute atomic E-state index is 13.5. The molecule has 7 nitrogen and oxygen atoms in total. The highest BCUT2D eigenvalue weighted by Crippen LogP contribution is 2.29. The lowest BCUT2D eigenvalue weighted by Crippen LogP contribution is -2.45. The summed E-state index contributed by atoms with van der Waals surface area (Å²) in [7, 11) is -3.75. The predicted octanol–water partition coefficient (Wildman–Crippen LogP) is 3.33. The molecule has 33 heavy (non-hydrogen) atoms. The maximum Gasteiger partial charge on any atom is 0.261 e. The van der Waals surface area contributed by atoms with E-state index in [2.05, 4.69) is 21.9 Å². The van der Waals surface area contributed by atoms with Gasteiger partial charge in [0.1, 0.15) is 0 Å². The minimum absolute atomic E-state index is 0.0243. The average molecular weight is 471 g/mol. The summed E-state index contributed by atoms with van der Waals surface area (Å²) < 4.78 is 28.6. The number of aryl methyl sites for hydroxylation is 1. The fourth-order valence-corrected chi connectivity index (χ4v) is 5.50. The van der Waals surface area contributed by atoms with Crippen LogP contribution in [0, 0.1) is 5.92 Å². The van der Waals surface area contributed by atoms with E-state index in [-0.39, 0.29) is 10.8 Å². The average Bonchev–Trinajstić information content (AvgIpc) is 2.84. The van der Waals surface area contributed by atoms with Crippen molar-refractivity contribution >= 4 is 27.3 Å². The van der Waals surface area contributed by atoms with Crippen LogP contribution in [0.25, 0.3) is 0 Å². The number of amides is 1. The van der Waals surface area contributed by atoms with Gasteiger partial charge in [-0.1, -0.05) is 26.0 Å². The Bertz CT molecular complexity index is 1070. The van der Waals surface area contributed by atoms with E-state index in [1.807, 2.05) is 30.0 Å². The number of hydrogen-bond acceptors (Lipinski definition) is 5. The van der Waals surface area contributed by atoms with Crippen LogP contribution in [0.5, 0.6) is 0 Å². The van der Waals surface area contributed by atoms with E-state index in [9.17, 15) is 13.2 Å². The number of nitrogens with zero attached hydrogens (tertiary/aromatic N) is 2. The second-order valence-corrected chi connectivity index (χ2v) is 10.7. The number of hydrogen-bond donors (Lipinski definition) is 2. The normalized spacial score (nSPS) is 17.8. The van der Waals surface area contributed by atoms with E-state index in [1.54, 1.807) is 24.3 Å². The molecule has 4 rings (SSSR count). The van der Waals surface area contributed by atoms with Gasteiger partial charge in [-0.05, 0) is 61.1 Å². The zero-order valence-electron chi connectivity index (χ0n) is 19.5. The van der Waals surface area contributed by atoms with E-state index in [4.69, 9.17) is 0 Å². The fraction of sp³-hybridized carbons (Fsp3) is 0.480. The van der Waals surface area contributed by atoms with E-state index in [1.165, 1.54) is 0 Å². The van der Waals surface area contributed by atoms with Crippen molar-refractivity contribution in [1.29, 1.82) is 0 Å². The first-order chi connectivity index (χ1) is 15.9. The van der Waals surface area contributed by atoms with Crippen LogP contribution in [-0.2, 0) is 16.4 Å². The molecule has 8 heteroatoms. The predicted molar refractivity (Wildman–Crippen MR) is 132 cm³/mol. The Kier molecular flexibility index (Phi) is 7.24. The number of likely N-dealkylation sites (tertiary alicyclic amines) is 1. The van der Waals surface area contributed by atoms with Gasteiger partial charge in [-0.2, -0.15) is 0 Å². The van der Waals surface area contributed by atoms with E-state index >= 15 is 0 Å². The molecule has 0 aromatic heterocycles. The number of rotatable bonds is 6. The van der Waals surface area contributed by atoms with Crippen molar-refractivity contribution in [2.24, 2.45) is 5.92 Å². The van der Waals surface area contributed by atoms with Crippen LogP contribution in [0.15, 0.2) is 47.4 Å². The molecule has 0 spiro atoms. The molecule has 2 saturated heterocycles. The van der Waals surface area contributed by atoms with E-state index in [0.717, 1.165) is 69.8 Å². The lowest BCUT2D eigenvalue weighted by atomic mass is 9.98. The summed E-state index contributed by atoms with van der Waals surface area (Å²) in [5, 5.41) is 3.34. The maximum atomic E-state index is 13.5. The molecule has 1 amide bonds. The van der Waals surface area contributed by atoms with Gasteiger partial charge >= 0.3 is 0 Å². The van der Waals surface area contributed by atoms with Crippen LogP contribution in [0.2, 0.25) is 0 Å². The molecule has 2 fully saturated rings. The molecule has 0 aliphatic carbocycles. The van der Waals surface area contributed by atoms with Crippen LogP contribution in [0.1, 0.15) is 42.6 Å². The Hall–Kier alpha value is -2.58. The van der Waals surface area contributed by atoms with Crippen molar-refractivity contribution in [2.75, 3.05) is 48.9 Å². The quantitative estimate of drug-likeness (QED) is 0.677. The number of piperazine rings is 1. The molecular weight excluding hydrogens is 436 g/mol. The van der Waals surface area contributed by atoms with Gasteiger partial charge in [0.05, 0.1) is 10.5 Å². The summed E-state index contributed by atoms with van der Waals surface area (Å²) in [5.74, 6) is 0.600. The van der Waals surface area contributed by atoms with Crippen LogP contribution in [-0.4, -0.2) is 58.5 Å². The summed E-state index contributed by atoms with van der Waals surface area (Å²) >= 11 is 0. The lowest BCUT2D eigenvalue weighted by Gasteiger charge is -2.34. The first-order valence-electron chi connectivity index (χ1n) is 11.9. The molecule has 2 aliphatic rings. The summed E-state index contributed by atoms with van der Waals surface area (Å²) in [6, 6.07) is 12.2. The van der Waals surface area contributed by atoms with Crippen molar-refractivity contribution in [1.82, 2.24) is 10.2 Å². The Balaban J connectivity index is 1.63. The lowest BCUT2D eigenvalue weighted by molar-refractivity contribution is 0.0698. The van der Waals surface area contributed by atoms with E-state index < -0.39 is 10.0 Å². The smallest absolute Gasteiger partial charge is 0.261 e. The summed E-state index contributed by atoms with van der Waals surface area (Å²) in [6.07, 6.45) is 2.84. The summed E-state index contributed by atoms with van der Waals surface area (Å²) in [4.78, 5) is 17.9. The zero-order valence-corrected chi connectivity index (χ0v) is 20.3.